The first-order valence-corrected chi connectivity index (χ1v) is 12.3. The molecular formula is C24H20ClF3N6OS. The van der Waals surface area contributed by atoms with Gasteiger partial charge in [-0.3, -0.25) is 4.98 Å². The summed E-state index contributed by atoms with van der Waals surface area (Å²) in [5.41, 5.74) is 7.56. The number of nitrogens with zero attached hydrogens (tertiary/aromatic N) is 4. The second-order valence-corrected chi connectivity index (χ2v) is 9.38. The Balaban J connectivity index is 1.63. The van der Waals surface area contributed by atoms with Gasteiger partial charge in [0.15, 0.2) is 0 Å². The van der Waals surface area contributed by atoms with Crippen molar-refractivity contribution in [2.45, 2.75) is 24.5 Å². The van der Waals surface area contributed by atoms with Gasteiger partial charge in [-0.15, -0.1) is 11.8 Å². The number of ether oxygens (including phenoxy) is 1. The van der Waals surface area contributed by atoms with Crippen LogP contribution in [0.25, 0.3) is 11.1 Å². The molecule has 7 nitrogen and oxygen atoms in total. The van der Waals surface area contributed by atoms with E-state index in [0.717, 1.165) is 16.7 Å². The van der Waals surface area contributed by atoms with E-state index in [4.69, 9.17) is 22.1 Å². The van der Waals surface area contributed by atoms with Gasteiger partial charge in [0.25, 0.3) is 0 Å². The van der Waals surface area contributed by atoms with Crippen molar-refractivity contribution in [1.82, 2.24) is 14.9 Å². The summed E-state index contributed by atoms with van der Waals surface area (Å²) in [6.45, 7) is 2.04. The molecule has 3 N–H and O–H groups in total. The summed E-state index contributed by atoms with van der Waals surface area (Å²) < 4.78 is 46.7. The van der Waals surface area contributed by atoms with Crippen molar-refractivity contribution in [2.24, 2.45) is 4.99 Å². The summed E-state index contributed by atoms with van der Waals surface area (Å²) in [6, 6.07) is 3.62. The van der Waals surface area contributed by atoms with Crippen LogP contribution in [0.1, 0.15) is 22.3 Å². The summed E-state index contributed by atoms with van der Waals surface area (Å²) in [4.78, 5) is 15.7. The van der Waals surface area contributed by atoms with Crippen LogP contribution in [0.3, 0.4) is 0 Å². The number of aliphatic imine (C=N–C) groups is 1. The molecule has 0 radical (unpaired) electrons. The van der Waals surface area contributed by atoms with Crippen LogP contribution < -0.4 is 15.8 Å². The third-order valence-corrected chi connectivity index (χ3v) is 7.03. The fourth-order valence-corrected chi connectivity index (χ4v) is 5.03. The molecule has 5 rings (SSSR count). The molecule has 0 unspecified atom stereocenters. The zero-order valence-electron chi connectivity index (χ0n) is 19.2. The van der Waals surface area contributed by atoms with Crippen molar-refractivity contribution in [3.63, 3.8) is 0 Å². The minimum absolute atomic E-state index is 0.0637. The average Bonchev–Trinajstić information content (AvgIpc) is 3.01. The van der Waals surface area contributed by atoms with Crippen molar-refractivity contribution < 1.29 is 17.9 Å². The first kappa shape index (κ1) is 24.3. The first-order chi connectivity index (χ1) is 17.2. The number of amidine groups is 1. The molecule has 1 aromatic carbocycles. The highest BCUT2D eigenvalue weighted by Crippen LogP contribution is 2.47. The van der Waals surface area contributed by atoms with Gasteiger partial charge in [-0.2, -0.15) is 13.2 Å². The lowest BCUT2D eigenvalue weighted by Crippen LogP contribution is -2.30. The van der Waals surface area contributed by atoms with E-state index in [1.54, 1.807) is 36.4 Å². The fraction of sp³-hybridized carbons (Fsp3) is 0.208. The highest BCUT2D eigenvalue weighted by Gasteiger charge is 2.36. The second-order valence-electron chi connectivity index (χ2n) is 8.12. The highest BCUT2D eigenvalue weighted by molar-refractivity contribution is 7.98. The van der Waals surface area contributed by atoms with Gasteiger partial charge in [0, 0.05) is 40.8 Å². The molecule has 3 aromatic rings. The van der Waals surface area contributed by atoms with Gasteiger partial charge in [0.2, 0.25) is 0 Å². The molecule has 2 aliphatic rings. The minimum Gasteiger partial charge on any atom is -0.463 e. The van der Waals surface area contributed by atoms with Crippen LogP contribution in [0.2, 0.25) is 5.02 Å². The Labute approximate surface area is 214 Å². The van der Waals surface area contributed by atoms with Gasteiger partial charge in [-0.1, -0.05) is 11.6 Å². The summed E-state index contributed by atoms with van der Waals surface area (Å²) >= 11 is 8.40. The number of halogens is 4. The Morgan fingerprint density at radius 3 is 2.78 bits per heavy atom. The Morgan fingerprint density at radius 2 is 2.03 bits per heavy atom. The number of nitrogens with two attached hydrogens (primary N) is 1. The summed E-state index contributed by atoms with van der Waals surface area (Å²) in [5.74, 6) is 0.926. The maximum atomic E-state index is 13.6. The molecule has 0 saturated carbocycles. The Hall–Kier alpha value is -3.44. The highest BCUT2D eigenvalue weighted by atomic mass is 35.5. The summed E-state index contributed by atoms with van der Waals surface area (Å²) in [6.07, 6.45) is 4.95. The van der Waals surface area contributed by atoms with Gasteiger partial charge in [0.05, 0.1) is 28.4 Å². The molecule has 0 saturated heterocycles. The van der Waals surface area contributed by atoms with Crippen LogP contribution in [0.15, 0.2) is 53.1 Å². The molecule has 186 valence electrons. The number of thioether (sulfide) groups is 1. The van der Waals surface area contributed by atoms with Gasteiger partial charge >= 0.3 is 6.18 Å². The predicted octanol–water partition coefficient (Wildman–Crippen LogP) is 5.92. The Morgan fingerprint density at radius 1 is 1.22 bits per heavy atom. The normalized spacial score (nSPS) is 14.5. The number of hydrogen-bond acceptors (Lipinski definition) is 8. The van der Waals surface area contributed by atoms with E-state index < -0.39 is 11.7 Å². The van der Waals surface area contributed by atoms with Crippen LogP contribution >= 0.6 is 23.4 Å². The van der Waals surface area contributed by atoms with E-state index in [0.29, 0.717) is 29.4 Å². The lowest BCUT2D eigenvalue weighted by Gasteiger charge is -2.28. The molecule has 2 aromatic heterocycles. The van der Waals surface area contributed by atoms with Crippen molar-refractivity contribution in [1.29, 1.82) is 0 Å². The molecule has 0 amide bonds. The number of nitrogens with one attached hydrogen (secondary N) is 1. The predicted molar refractivity (Wildman–Crippen MR) is 135 cm³/mol. The van der Waals surface area contributed by atoms with Crippen molar-refractivity contribution >= 4 is 40.7 Å². The molecule has 36 heavy (non-hydrogen) atoms. The number of alkyl halides is 3. The van der Waals surface area contributed by atoms with Gasteiger partial charge in [-0.25, -0.2) is 9.98 Å². The Kier molecular flexibility index (Phi) is 6.21. The van der Waals surface area contributed by atoms with Gasteiger partial charge < -0.3 is 20.7 Å². The first-order valence-electron chi connectivity index (χ1n) is 10.7. The van der Waals surface area contributed by atoms with Crippen LogP contribution in [0, 0.1) is 6.92 Å². The average molecular weight is 533 g/mol. The van der Waals surface area contributed by atoms with E-state index in [2.05, 4.69) is 20.3 Å². The number of hydrogen-bond donors (Lipinski definition) is 2. The molecule has 12 heteroatoms. The van der Waals surface area contributed by atoms with Crippen LogP contribution in [-0.2, 0) is 12.7 Å². The minimum atomic E-state index is -4.59. The van der Waals surface area contributed by atoms with E-state index in [9.17, 15) is 13.2 Å². The smallest absolute Gasteiger partial charge is 0.418 e. The third kappa shape index (κ3) is 4.22. The largest absolute Gasteiger partial charge is 0.463 e. The van der Waals surface area contributed by atoms with E-state index >= 15 is 0 Å². The molecule has 4 heterocycles. The Bertz CT molecular complexity index is 1430. The van der Waals surface area contributed by atoms with Gasteiger partial charge in [-0.05, 0) is 36.4 Å². The molecule has 0 aliphatic carbocycles. The fourth-order valence-electron chi connectivity index (χ4n) is 4.29. The number of pyridine rings is 2. The zero-order valence-corrected chi connectivity index (χ0v) is 20.7. The number of rotatable bonds is 4. The lowest BCUT2D eigenvalue weighted by molar-refractivity contribution is -0.138. The lowest BCUT2D eigenvalue weighted by atomic mass is 9.94. The number of anilines is 2. The van der Waals surface area contributed by atoms with Crippen LogP contribution in [-0.4, -0.2) is 33.6 Å². The zero-order chi connectivity index (χ0) is 25.6. The summed E-state index contributed by atoms with van der Waals surface area (Å²) in [5, 5.41) is 3.34. The van der Waals surface area contributed by atoms with E-state index in [1.807, 2.05) is 17.2 Å². The number of aromatic nitrogens is 2. The van der Waals surface area contributed by atoms with Crippen LogP contribution in [0.4, 0.5) is 24.7 Å². The quantitative estimate of drug-likeness (QED) is 0.403. The molecule has 0 fully saturated rings. The monoisotopic (exact) mass is 532 g/mol. The second kappa shape index (κ2) is 9.21. The van der Waals surface area contributed by atoms with E-state index in [-0.39, 0.29) is 34.2 Å². The number of benzene rings is 1. The molecule has 0 atom stereocenters. The molecular weight excluding hydrogens is 513 g/mol. The third-order valence-electron chi connectivity index (χ3n) is 5.94. The standard InChI is InChI=1S/C24H20ClF3N6OS/c1-12-16(24(26,27)28)9-31-22(29)18(12)15-6-17-19-21(20(15)25)32-11-33-23(19)34(3-4-35-17)10-13-5-14(36-2)8-30-7-13/h3-9,32H,10-11H2,1-2H3,(H2,29,31). The van der Waals surface area contributed by atoms with Crippen molar-refractivity contribution in [3.05, 3.63) is 70.5 Å². The molecule has 0 bridgehead atoms. The van der Waals surface area contributed by atoms with Crippen LogP contribution in [0.5, 0.6) is 5.75 Å². The SMILES string of the molecule is CSc1cncc(CN2C=COc3cc(-c4c(N)ncc(C(F)(F)F)c4C)c(Cl)c4c3C2=NCN4)c1. The maximum absolute atomic E-state index is 13.6. The van der Waals surface area contributed by atoms with Crippen molar-refractivity contribution in [3.8, 4) is 16.9 Å². The van der Waals surface area contributed by atoms with Gasteiger partial charge in [0.1, 0.15) is 30.3 Å². The topological polar surface area (TPSA) is 88.7 Å². The summed E-state index contributed by atoms with van der Waals surface area (Å²) in [7, 11) is 0. The number of nitrogen functional groups attached to an aromatic ring is 1. The molecule has 0 spiro atoms. The van der Waals surface area contributed by atoms with E-state index in [1.165, 1.54) is 13.2 Å². The molecule has 2 aliphatic heterocycles. The maximum Gasteiger partial charge on any atom is 0.418 e. The van der Waals surface area contributed by atoms with Crippen molar-refractivity contribution in [2.75, 3.05) is 24.0 Å².